The van der Waals surface area contributed by atoms with Gasteiger partial charge >= 0.3 is 0 Å². The van der Waals surface area contributed by atoms with Crippen molar-refractivity contribution < 1.29 is 22.6 Å². The lowest BCUT2D eigenvalue weighted by Gasteiger charge is -2.29. The Morgan fingerprint density at radius 2 is 1.89 bits per heavy atom. The molecule has 1 aliphatic rings. The molecule has 0 saturated carbocycles. The quantitative estimate of drug-likeness (QED) is 0.516. The average molecular weight is 390 g/mol. The van der Waals surface area contributed by atoms with Gasteiger partial charge in [0.1, 0.15) is 5.82 Å². The maximum Gasteiger partial charge on any atom is 0.167 e. The van der Waals surface area contributed by atoms with Crippen molar-refractivity contribution in [3.63, 3.8) is 0 Å². The Bertz CT molecular complexity index is 827. The summed E-state index contributed by atoms with van der Waals surface area (Å²) < 4.78 is 54.9. The highest BCUT2D eigenvalue weighted by Gasteiger charge is 2.27. The zero-order chi connectivity index (χ0) is 20.1. The second kappa shape index (κ2) is 9.39. The molecule has 2 aromatic carbocycles. The van der Waals surface area contributed by atoms with Gasteiger partial charge in [0, 0.05) is 29.9 Å². The van der Waals surface area contributed by atoms with E-state index in [2.05, 4.69) is 6.58 Å². The standard InChI is InChI=1S/C23H25F3O2/c1-3-15-5-7-17(20(24)13-15)18-8-9-19(23(26)22(18)25)21-10-6-16(14-28-21)11-12-27-4-2/h3,5,7-9,13,16,21H,1,4,6,10-12,14H2,2H3. The molecule has 0 amide bonds. The Morgan fingerprint density at radius 1 is 1.11 bits per heavy atom. The number of halogens is 3. The molecule has 5 heteroatoms. The molecule has 0 bridgehead atoms. The van der Waals surface area contributed by atoms with E-state index in [9.17, 15) is 13.2 Å². The van der Waals surface area contributed by atoms with Crippen LogP contribution in [0, 0.1) is 23.4 Å². The van der Waals surface area contributed by atoms with Crippen molar-refractivity contribution in [3.05, 3.63) is 65.5 Å². The van der Waals surface area contributed by atoms with E-state index in [-0.39, 0.29) is 16.7 Å². The highest BCUT2D eigenvalue weighted by Crippen LogP contribution is 2.36. The van der Waals surface area contributed by atoms with E-state index in [1.54, 1.807) is 6.07 Å². The van der Waals surface area contributed by atoms with Crippen LogP contribution in [0.5, 0.6) is 0 Å². The van der Waals surface area contributed by atoms with E-state index in [0.717, 1.165) is 12.8 Å². The van der Waals surface area contributed by atoms with Gasteiger partial charge in [-0.25, -0.2) is 13.2 Å². The van der Waals surface area contributed by atoms with Crippen LogP contribution < -0.4 is 0 Å². The lowest BCUT2D eigenvalue weighted by atomic mass is 9.91. The molecular formula is C23H25F3O2. The van der Waals surface area contributed by atoms with Crippen LogP contribution in [0.25, 0.3) is 17.2 Å². The van der Waals surface area contributed by atoms with Crippen molar-refractivity contribution in [1.82, 2.24) is 0 Å². The Labute approximate surface area is 164 Å². The fourth-order valence-corrected chi connectivity index (χ4v) is 3.57. The molecule has 0 N–H and O–H groups in total. The van der Waals surface area contributed by atoms with Crippen LogP contribution >= 0.6 is 0 Å². The van der Waals surface area contributed by atoms with Crippen LogP contribution in [-0.2, 0) is 9.47 Å². The summed E-state index contributed by atoms with van der Waals surface area (Å²) >= 11 is 0. The van der Waals surface area contributed by atoms with Crippen molar-refractivity contribution in [2.45, 2.75) is 32.3 Å². The lowest BCUT2D eigenvalue weighted by molar-refractivity contribution is -0.0278. The van der Waals surface area contributed by atoms with Crippen LogP contribution in [0.2, 0.25) is 0 Å². The first-order chi connectivity index (χ1) is 13.5. The lowest BCUT2D eigenvalue weighted by Crippen LogP contribution is -2.22. The molecule has 2 unspecified atom stereocenters. The molecule has 150 valence electrons. The van der Waals surface area contributed by atoms with Crippen molar-refractivity contribution in [3.8, 4) is 11.1 Å². The summed E-state index contributed by atoms with van der Waals surface area (Å²) in [4.78, 5) is 0. The first-order valence-electron chi connectivity index (χ1n) is 9.64. The topological polar surface area (TPSA) is 18.5 Å². The van der Waals surface area contributed by atoms with Crippen LogP contribution in [0.4, 0.5) is 13.2 Å². The Morgan fingerprint density at radius 3 is 2.54 bits per heavy atom. The largest absolute Gasteiger partial charge is 0.382 e. The van der Waals surface area contributed by atoms with Gasteiger partial charge < -0.3 is 9.47 Å². The molecule has 28 heavy (non-hydrogen) atoms. The smallest absolute Gasteiger partial charge is 0.167 e. The zero-order valence-electron chi connectivity index (χ0n) is 16.0. The molecule has 0 aromatic heterocycles. The van der Waals surface area contributed by atoms with Gasteiger partial charge in [-0.1, -0.05) is 36.9 Å². The molecule has 0 aliphatic carbocycles. The summed E-state index contributed by atoms with van der Waals surface area (Å²) in [5.41, 5.74) is 0.690. The van der Waals surface area contributed by atoms with E-state index < -0.39 is 23.6 Å². The predicted octanol–water partition coefficient (Wildman–Crippen LogP) is 6.31. The first kappa shape index (κ1) is 20.6. The number of rotatable bonds is 7. The molecule has 0 radical (unpaired) electrons. The highest BCUT2D eigenvalue weighted by atomic mass is 19.2. The summed E-state index contributed by atoms with van der Waals surface area (Å²) in [6.45, 7) is 7.39. The van der Waals surface area contributed by atoms with Gasteiger partial charge in [0.2, 0.25) is 0 Å². The maximum atomic E-state index is 14.7. The van der Waals surface area contributed by atoms with Crippen LogP contribution in [0.15, 0.2) is 36.9 Å². The van der Waals surface area contributed by atoms with Gasteiger partial charge in [-0.15, -0.1) is 0 Å². The van der Waals surface area contributed by atoms with Crippen molar-refractivity contribution in [2.24, 2.45) is 5.92 Å². The minimum Gasteiger partial charge on any atom is -0.382 e. The Kier molecular flexibility index (Phi) is 6.92. The molecule has 1 fully saturated rings. The molecule has 1 heterocycles. The molecule has 2 atom stereocenters. The third kappa shape index (κ3) is 4.47. The molecule has 0 spiro atoms. The minimum absolute atomic E-state index is 0.0223. The Hall–Kier alpha value is -2.11. The number of hydrogen-bond donors (Lipinski definition) is 0. The Balaban J connectivity index is 1.75. The highest BCUT2D eigenvalue weighted by molar-refractivity contribution is 5.67. The van der Waals surface area contributed by atoms with Crippen LogP contribution in [0.3, 0.4) is 0 Å². The fraction of sp³-hybridized carbons (Fsp3) is 0.391. The zero-order valence-corrected chi connectivity index (χ0v) is 16.0. The fourth-order valence-electron chi connectivity index (χ4n) is 3.57. The van der Waals surface area contributed by atoms with E-state index in [0.29, 0.717) is 37.7 Å². The molecule has 1 aliphatic heterocycles. The third-order valence-corrected chi connectivity index (χ3v) is 5.22. The third-order valence-electron chi connectivity index (χ3n) is 5.22. The molecule has 2 aromatic rings. The summed E-state index contributed by atoms with van der Waals surface area (Å²) in [7, 11) is 0. The maximum absolute atomic E-state index is 14.7. The molecule has 3 rings (SSSR count). The van der Waals surface area contributed by atoms with Gasteiger partial charge in [0.25, 0.3) is 0 Å². The van der Waals surface area contributed by atoms with Gasteiger partial charge in [0.05, 0.1) is 12.7 Å². The number of hydrogen-bond acceptors (Lipinski definition) is 2. The second-order valence-corrected chi connectivity index (χ2v) is 7.02. The number of ether oxygens (including phenoxy) is 2. The van der Waals surface area contributed by atoms with Crippen LogP contribution in [0.1, 0.15) is 43.4 Å². The normalized spacial score (nSPS) is 19.6. The van der Waals surface area contributed by atoms with Gasteiger partial charge in [0.15, 0.2) is 11.6 Å². The summed E-state index contributed by atoms with van der Waals surface area (Å²) in [6, 6.07) is 7.22. The number of benzene rings is 2. The summed E-state index contributed by atoms with van der Waals surface area (Å²) in [5.74, 6) is -2.27. The predicted molar refractivity (Wildman–Crippen MR) is 104 cm³/mol. The van der Waals surface area contributed by atoms with Crippen LogP contribution in [-0.4, -0.2) is 19.8 Å². The van der Waals surface area contributed by atoms with E-state index >= 15 is 0 Å². The SMILES string of the molecule is C=Cc1ccc(-c2ccc(C3CCC(CCOCC)CO3)c(F)c2F)c(F)c1. The van der Waals surface area contributed by atoms with E-state index in [1.165, 1.54) is 30.3 Å². The van der Waals surface area contributed by atoms with E-state index in [1.807, 2.05) is 6.92 Å². The average Bonchev–Trinajstić information content (AvgIpc) is 2.71. The van der Waals surface area contributed by atoms with Crippen molar-refractivity contribution in [1.29, 1.82) is 0 Å². The van der Waals surface area contributed by atoms with Gasteiger partial charge in [-0.3, -0.25) is 0 Å². The molecule has 1 saturated heterocycles. The van der Waals surface area contributed by atoms with Gasteiger partial charge in [-0.2, -0.15) is 0 Å². The van der Waals surface area contributed by atoms with Crippen molar-refractivity contribution >= 4 is 6.08 Å². The monoisotopic (exact) mass is 390 g/mol. The summed E-state index contributed by atoms with van der Waals surface area (Å²) in [6.07, 6.45) is 3.40. The van der Waals surface area contributed by atoms with E-state index in [4.69, 9.17) is 9.47 Å². The first-order valence-corrected chi connectivity index (χ1v) is 9.64. The summed E-state index contributed by atoms with van der Waals surface area (Å²) in [5, 5.41) is 0. The minimum atomic E-state index is -1.05. The van der Waals surface area contributed by atoms with Crippen molar-refractivity contribution in [2.75, 3.05) is 19.8 Å². The molecular weight excluding hydrogens is 365 g/mol. The van der Waals surface area contributed by atoms with Gasteiger partial charge in [-0.05, 0) is 43.7 Å². The second-order valence-electron chi connectivity index (χ2n) is 7.02. The molecule has 2 nitrogen and oxygen atoms in total.